The van der Waals surface area contributed by atoms with E-state index in [0.717, 1.165) is 6.34 Å². The van der Waals surface area contributed by atoms with Crippen LogP contribution in [0.2, 0.25) is 0 Å². The van der Waals surface area contributed by atoms with Gasteiger partial charge in [-0.15, -0.1) is 0 Å². The van der Waals surface area contributed by atoms with E-state index in [1.807, 2.05) is 0 Å². The number of benzene rings is 1. The molecule has 0 atom stereocenters. The first-order chi connectivity index (χ1) is 6.22. The highest BCUT2D eigenvalue weighted by Crippen LogP contribution is 2.11. The van der Waals surface area contributed by atoms with Gasteiger partial charge in [0.05, 0.1) is 6.34 Å². The third-order valence-electron chi connectivity index (χ3n) is 1.20. The second-order valence-electron chi connectivity index (χ2n) is 2.10. The lowest BCUT2D eigenvalue weighted by Crippen LogP contribution is -2.04. The maximum Gasteiger partial charge on any atom is 0.440 e. The molecule has 0 saturated heterocycles. The van der Waals surface area contributed by atoms with Crippen LogP contribution in [0, 0.1) is 5.82 Å². The fraction of sp³-hybridized carbons (Fsp3) is 0. The number of halogens is 1. The maximum absolute atomic E-state index is 12.4. The van der Waals surface area contributed by atoms with Crippen molar-refractivity contribution >= 4 is 12.4 Å². The molecular formula is C8H7FN2O2. The lowest BCUT2D eigenvalue weighted by Gasteiger charge is -1.98. The average molecular weight is 182 g/mol. The van der Waals surface area contributed by atoms with Crippen molar-refractivity contribution in [3.05, 3.63) is 30.1 Å². The Morgan fingerprint density at radius 1 is 1.46 bits per heavy atom. The number of rotatable bonds is 1. The molecule has 0 spiro atoms. The van der Waals surface area contributed by atoms with Gasteiger partial charge in [0.2, 0.25) is 0 Å². The lowest BCUT2D eigenvalue weighted by molar-refractivity contribution is 0.211. The van der Waals surface area contributed by atoms with Crippen LogP contribution >= 0.6 is 0 Å². The molecule has 0 unspecified atom stereocenters. The molecule has 0 bridgehead atoms. The molecule has 0 aromatic heterocycles. The van der Waals surface area contributed by atoms with Gasteiger partial charge in [-0.2, -0.15) is 4.99 Å². The number of amides is 1. The van der Waals surface area contributed by atoms with Crippen LogP contribution in [-0.2, 0) is 0 Å². The zero-order valence-corrected chi connectivity index (χ0v) is 6.61. The van der Waals surface area contributed by atoms with E-state index in [9.17, 15) is 9.18 Å². The highest BCUT2D eigenvalue weighted by Gasteiger charge is 2.00. The van der Waals surface area contributed by atoms with E-state index in [0.29, 0.717) is 0 Å². The third kappa shape index (κ3) is 2.90. The van der Waals surface area contributed by atoms with Crippen LogP contribution in [0.4, 0.5) is 9.18 Å². The minimum Gasteiger partial charge on any atom is -0.409 e. The molecule has 1 aromatic carbocycles. The summed E-state index contributed by atoms with van der Waals surface area (Å²) in [6, 6.07) is 4.99. The summed E-state index contributed by atoms with van der Waals surface area (Å²) in [7, 11) is 0. The lowest BCUT2D eigenvalue weighted by atomic mass is 10.3. The molecule has 0 aliphatic rings. The van der Waals surface area contributed by atoms with Crippen molar-refractivity contribution in [2.75, 3.05) is 0 Å². The van der Waals surface area contributed by atoms with Gasteiger partial charge in [-0.1, -0.05) is 0 Å². The summed E-state index contributed by atoms with van der Waals surface area (Å²) >= 11 is 0. The van der Waals surface area contributed by atoms with Crippen LogP contribution in [-0.4, -0.2) is 12.4 Å². The summed E-state index contributed by atoms with van der Waals surface area (Å²) in [4.78, 5) is 13.8. The van der Waals surface area contributed by atoms with Gasteiger partial charge in [-0.3, -0.25) is 0 Å². The second kappa shape index (κ2) is 4.20. The van der Waals surface area contributed by atoms with Gasteiger partial charge in [0.1, 0.15) is 11.6 Å². The number of carbonyl (C=O) groups excluding carboxylic acids is 1. The van der Waals surface area contributed by atoms with Crippen LogP contribution in [0.15, 0.2) is 29.3 Å². The third-order valence-corrected chi connectivity index (χ3v) is 1.20. The molecule has 1 aromatic rings. The number of aliphatic imine (C=N–C) groups is 1. The van der Waals surface area contributed by atoms with E-state index in [-0.39, 0.29) is 5.75 Å². The fourth-order valence-electron chi connectivity index (χ4n) is 0.691. The van der Waals surface area contributed by atoms with Crippen LogP contribution in [0.5, 0.6) is 5.75 Å². The van der Waals surface area contributed by atoms with Crippen molar-refractivity contribution in [3.63, 3.8) is 0 Å². The Labute approximate surface area is 73.8 Å². The summed E-state index contributed by atoms with van der Waals surface area (Å²) in [6.07, 6.45) is -0.0135. The largest absolute Gasteiger partial charge is 0.440 e. The van der Waals surface area contributed by atoms with Crippen molar-refractivity contribution < 1.29 is 13.9 Å². The smallest absolute Gasteiger partial charge is 0.409 e. The monoisotopic (exact) mass is 182 g/mol. The first kappa shape index (κ1) is 9.18. The molecule has 1 amide bonds. The molecule has 0 aliphatic carbocycles. The van der Waals surface area contributed by atoms with Crippen LogP contribution in [0.3, 0.4) is 0 Å². The molecule has 4 nitrogen and oxygen atoms in total. The van der Waals surface area contributed by atoms with Crippen molar-refractivity contribution in [1.29, 1.82) is 0 Å². The van der Waals surface area contributed by atoms with Gasteiger partial charge in [0, 0.05) is 0 Å². The zero-order valence-electron chi connectivity index (χ0n) is 6.61. The van der Waals surface area contributed by atoms with Crippen LogP contribution < -0.4 is 10.5 Å². The predicted octanol–water partition coefficient (Wildman–Crippen LogP) is 1.31. The molecular weight excluding hydrogens is 175 g/mol. The molecule has 5 heteroatoms. The molecule has 0 saturated carbocycles. The Bertz CT molecular complexity index is 321. The van der Waals surface area contributed by atoms with Crippen molar-refractivity contribution in [2.45, 2.75) is 0 Å². The Hall–Kier alpha value is -1.91. The standard InChI is InChI=1S/C8H7FN2O2/c9-6-1-3-7(4-2-6)13-8(12)11-5-10/h1-5H,(H2,10,11,12). The van der Waals surface area contributed by atoms with E-state index in [2.05, 4.69) is 9.73 Å². The molecule has 1 rings (SSSR count). The van der Waals surface area contributed by atoms with E-state index in [1.54, 1.807) is 0 Å². The Kier molecular flexibility index (Phi) is 2.97. The summed E-state index contributed by atoms with van der Waals surface area (Å²) in [5.41, 5.74) is 4.85. The fourth-order valence-corrected chi connectivity index (χ4v) is 0.691. The average Bonchev–Trinajstić information content (AvgIpc) is 2.09. The topological polar surface area (TPSA) is 64.7 Å². The number of ether oxygens (including phenoxy) is 1. The minimum atomic E-state index is -0.839. The van der Waals surface area contributed by atoms with Crippen molar-refractivity contribution in [2.24, 2.45) is 10.7 Å². The van der Waals surface area contributed by atoms with Crippen molar-refractivity contribution in [3.8, 4) is 5.75 Å². The van der Waals surface area contributed by atoms with E-state index in [4.69, 9.17) is 5.73 Å². The molecule has 0 fully saturated rings. The highest BCUT2D eigenvalue weighted by atomic mass is 19.1. The van der Waals surface area contributed by atoms with Crippen molar-refractivity contribution in [1.82, 2.24) is 0 Å². The van der Waals surface area contributed by atoms with Gasteiger partial charge in [-0.25, -0.2) is 9.18 Å². The SMILES string of the molecule is NC=NC(=O)Oc1ccc(F)cc1. The molecule has 68 valence electrons. The first-order valence-electron chi connectivity index (χ1n) is 3.44. The molecule has 13 heavy (non-hydrogen) atoms. The van der Waals surface area contributed by atoms with E-state index < -0.39 is 11.9 Å². The molecule has 0 aliphatic heterocycles. The molecule has 2 N–H and O–H groups in total. The zero-order chi connectivity index (χ0) is 9.68. The highest BCUT2D eigenvalue weighted by molar-refractivity contribution is 5.79. The summed E-state index contributed by atoms with van der Waals surface area (Å²) in [6.45, 7) is 0. The number of nitrogens with zero attached hydrogens (tertiary/aromatic N) is 1. The summed E-state index contributed by atoms with van der Waals surface area (Å²) in [5, 5.41) is 0. The second-order valence-corrected chi connectivity index (χ2v) is 2.10. The minimum absolute atomic E-state index is 0.219. The number of carbonyl (C=O) groups is 1. The van der Waals surface area contributed by atoms with Gasteiger partial charge in [-0.05, 0) is 24.3 Å². The van der Waals surface area contributed by atoms with Gasteiger partial charge in [0.25, 0.3) is 0 Å². The Balaban J connectivity index is 2.64. The van der Waals surface area contributed by atoms with Crippen LogP contribution in [0.25, 0.3) is 0 Å². The molecule has 0 heterocycles. The Morgan fingerprint density at radius 3 is 2.62 bits per heavy atom. The Morgan fingerprint density at radius 2 is 2.08 bits per heavy atom. The number of hydrogen-bond acceptors (Lipinski definition) is 2. The summed E-state index contributed by atoms with van der Waals surface area (Å²) < 4.78 is 17.0. The number of nitrogens with two attached hydrogens (primary N) is 1. The van der Waals surface area contributed by atoms with E-state index in [1.165, 1.54) is 24.3 Å². The predicted molar refractivity (Wildman–Crippen MR) is 45.1 cm³/mol. The van der Waals surface area contributed by atoms with Crippen LogP contribution in [0.1, 0.15) is 0 Å². The van der Waals surface area contributed by atoms with Gasteiger partial charge < -0.3 is 10.5 Å². The maximum atomic E-state index is 12.4. The summed E-state index contributed by atoms with van der Waals surface area (Å²) in [5.74, 6) is -0.181. The molecule has 0 radical (unpaired) electrons. The van der Waals surface area contributed by atoms with E-state index >= 15 is 0 Å². The normalized spacial score (nSPS) is 10.2. The van der Waals surface area contributed by atoms with Gasteiger partial charge in [0.15, 0.2) is 0 Å². The quantitative estimate of drug-likeness (QED) is 0.526. The first-order valence-corrected chi connectivity index (χ1v) is 3.44. The van der Waals surface area contributed by atoms with Gasteiger partial charge >= 0.3 is 6.09 Å². The number of hydrogen-bond donors (Lipinski definition) is 1.